The number of para-hydroxylation sites is 2. The zero-order valence-electron chi connectivity index (χ0n) is 9.38. The molecule has 1 amide bonds. The summed E-state index contributed by atoms with van der Waals surface area (Å²) in [4.78, 5) is 31.1. The molecule has 0 radical (unpaired) electrons. The zero-order chi connectivity index (χ0) is 12.5. The van der Waals surface area contributed by atoms with Gasteiger partial charge in [-0.15, -0.1) is 0 Å². The van der Waals surface area contributed by atoms with Crippen molar-refractivity contribution in [3.05, 3.63) is 41.7 Å². The lowest BCUT2D eigenvalue weighted by molar-refractivity contribution is -0.108. The van der Waals surface area contributed by atoms with Crippen LogP contribution >= 0.6 is 0 Å². The molecule has 1 N–H and O–H groups in total. The predicted molar refractivity (Wildman–Crippen MR) is 65.7 cm³/mol. The molecule has 0 fully saturated rings. The van der Waals surface area contributed by atoms with Gasteiger partial charge in [-0.05, 0) is 12.1 Å². The van der Waals surface area contributed by atoms with Gasteiger partial charge in [0.15, 0.2) is 5.78 Å². The van der Waals surface area contributed by atoms with Gasteiger partial charge in [0.2, 0.25) is 6.41 Å². The van der Waals surface area contributed by atoms with E-state index in [4.69, 9.17) is 0 Å². The Kier molecular flexibility index (Phi) is 2.37. The van der Waals surface area contributed by atoms with E-state index in [0.29, 0.717) is 34.5 Å². The lowest BCUT2D eigenvalue weighted by Crippen LogP contribution is -2.20. The molecule has 1 aliphatic rings. The molecular formula is C13H9N3O2. The van der Waals surface area contributed by atoms with Crippen molar-refractivity contribution < 1.29 is 9.59 Å². The van der Waals surface area contributed by atoms with Crippen LogP contribution in [0.4, 0.5) is 0 Å². The molecule has 0 saturated carbocycles. The second-order valence-corrected chi connectivity index (χ2v) is 3.92. The van der Waals surface area contributed by atoms with E-state index in [9.17, 15) is 9.59 Å². The largest absolute Gasteiger partial charge is 0.327 e. The van der Waals surface area contributed by atoms with Crippen LogP contribution in [0.15, 0.2) is 30.3 Å². The molecule has 0 bridgehead atoms. The quantitative estimate of drug-likeness (QED) is 0.802. The Labute approximate surface area is 103 Å². The van der Waals surface area contributed by atoms with Crippen LogP contribution in [0.3, 0.4) is 0 Å². The SMILES string of the molecule is O=CNC1=CCC(=O)c2nc3ccccc3nc21. The number of rotatable bonds is 2. The summed E-state index contributed by atoms with van der Waals surface area (Å²) in [7, 11) is 0. The van der Waals surface area contributed by atoms with Crippen LogP contribution in [0.2, 0.25) is 0 Å². The van der Waals surface area contributed by atoms with E-state index in [1.807, 2.05) is 18.2 Å². The summed E-state index contributed by atoms with van der Waals surface area (Å²) in [5.41, 5.74) is 2.68. The zero-order valence-corrected chi connectivity index (χ0v) is 9.38. The average Bonchev–Trinajstić information content (AvgIpc) is 2.41. The number of hydrogen-bond acceptors (Lipinski definition) is 4. The van der Waals surface area contributed by atoms with Crippen LogP contribution in [0.5, 0.6) is 0 Å². The number of benzene rings is 1. The van der Waals surface area contributed by atoms with E-state index in [-0.39, 0.29) is 12.2 Å². The van der Waals surface area contributed by atoms with Crippen LogP contribution in [-0.4, -0.2) is 22.2 Å². The second kappa shape index (κ2) is 4.03. The topological polar surface area (TPSA) is 72.0 Å². The number of fused-ring (bicyclic) bond motifs is 2. The maximum atomic E-state index is 11.8. The van der Waals surface area contributed by atoms with Crippen molar-refractivity contribution >= 4 is 28.9 Å². The van der Waals surface area contributed by atoms with Gasteiger partial charge in [0, 0.05) is 6.42 Å². The highest BCUT2D eigenvalue weighted by Gasteiger charge is 2.22. The van der Waals surface area contributed by atoms with Crippen molar-refractivity contribution in [1.82, 2.24) is 15.3 Å². The summed E-state index contributed by atoms with van der Waals surface area (Å²) in [5, 5.41) is 2.55. The van der Waals surface area contributed by atoms with Gasteiger partial charge in [-0.2, -0.15) is 0 Å². The molecule has 1 aromatic carbocycles. The third-order valence-corrected chi connectivity index (χ3v) is 2.80. The molecule has 88 valence electrons. The minimum atomic E-state index is -0.0836. The first-order valence-corrected chi connectivity index (χ1v) is 5.50. The first-order valence-electron chi connectivity index (χ1n) is 5.50. The van der Waals surface area contributed by atoms with E-state index >= 15 is 0 Å². The van der Waals surface area contributed by atoms with Gasteiger partial charge in [0.25, 0.3) is 0 Å². The first-order chi connectivity index (χ1) is 8.79. The molecule has 0 saturated heterocycles. The van der Waals surface area contributed by atoms with Crippen molar-refractivity contribution in [2.45, 2.75) is 6.42 Å². The third kappa shape index (κ3) is 1.57. The fourth-order valence-corrected chi connectivity index (χ4v) is 1.96. The van der Waals surface area contributed by atoms with Gasteiger partial charge in [-0.3, -0.25) is 9.59 Å². The lowest BCUT2D eigenvalue weighted by Gasteiger charge is -2.14. The number of Topliss-reactive ketones (excluding diaryl/α,β-unsaturated/α-hetero) is 1. The minimum absolute atomic E-state index is 0.0836. The van der Waals surface area contributed by atoms with Crippen LogP contribution in [-0.2, 0) is 4.79 Å². The predicted octanol–water partition coefficient (Wildman–Crippen LogP) is 1.30. The maximum Gasteiger partial charge on any atom is 0.211 e. The number of nitrogens with zero attached hydrogens (tertiary/aromatic N) is 2. The van der Waals surface area contributed by atoms with Gasteiger partial charge in [-0.25, -0.2) is 9.97 Å². The number of aromatic nitrogens is 2. The highest BCUT2D eigenvalue weighted by Crippen LogP contribution is 2.23. The number of ketones is 1. The Balaban J connectivity index is 2.27. The molecule has 0 unspecified atom stereocenters. The molecule has 18 heavy (non-hydrogen) atoms. The summed E-state index contributed by atoms with van der Waals surface area (Å²) in [5.74, 6) is -0.0836. The Morgan fingerprint density at radius 2 is 1.78 bits per heavy atom. The number of allylic oxidation sites excluding steroid dienone is 1. The summed E-state index contributed by atoms with van der Waals surface area (Å²) in [6, 6.07) is 7.32. The molecule has 5 heteroatoms. The van der Waals surface area contributed by atoms with E-state index in [2.05, 4.69) is 15.3 Å². The summed E-state index contributed by atoms with van der Waals surface area (Å²) < 4.78 is 0. The fourth-order valence-electron chi connectivity index (χ4n) is 1.96. The van der Waals surface area contributed by atoms with Crippen molar-refractivity contribution in [3.63, 3.8) is 0 Å². The van der Waals surface area contributed by atoms with E-state index in [1.54, 1.807) is 12.1 Å². The second-order valence-electron chi connectivity index (χ2n) is 3.92. The molecule has 1 aromatic heterocycles. The smallest absolute Gasteiger partial charge is 0.211 e. The minimum Gasteiger partial charge on any atom is -0.327 e. The molecule has 2 aromatic rings. The summed E-state index contributed by atoms with van der Waals surface area (Å²) in [6.07, 6.45) is 2.46. The highest BCUT2D eigenvalue weighted by atomic mass is 16.1. The van der Waals surface area contributed by atoms with Gasteiger partial charge < -0.3 is 5.32 Å². The van der Waals surface area contributed by atoms with Gasteiger partial charge in [0.1, 0.15) is 11.4 Å². The first kappa shape index (κ1) is 10.6. The Hall–Kier alpha value is -2.56. The molecule has 1 aliphatic carbocycles. The molecule has 3 rings (SSSR count). The van der Waals surface area contributed by atoms with Crippen LogP contribution < -0.4 is 5.32 Å². The number of carbonyl (C=O) groups excluding carboxylic acids is 2. The van der Waals surface area contributed by atoms with Crippen LogP contribution in [0, 0.1) is 0 Å². The maximum absolute atomic E-state index is 11.8. The number of carbonyl (C=O) groups is 2. The van der Waals surface area contributed by atoms with Crippen LogP contribution in [0.25, 0.3) is 16.7 Å². The van der Waals surface area contributed by atoms with Crippen molar-refractivity contribution in [3.8, 4) is 0 Å². The molecule has 5 nitrogen and oxygen atoms in total. The van der Waals surface area contributed by atoms with Crippen molar-refractivity contribution in [1.29, 1.82) is 0 Å². The van der Waals surface area contributed by atoms with E-state index in [1.165, 1.54) is 0 Å². The van der Waals surface area contributed by atoms with Crippen molar-refractivity contribution in [2.75, 3.05) is 0 Å². The normalized spacial score (nSPS) is 14.0. The Bertz CT molecular complexity index is 692. The van der Waals surface area contributed by atoms with Gasteiger partial charge in [-0.1, -0.05) is 18.2 Å². The fraction of sp³-hybridized carbons (Fsp3) is 0.0769. The van der Waals surface area contributed by atoms with Crippen LogP contribution in [0.1, 0.15) is 22.6 Å². The number of nitrogens with one attached hydrogen (secondary N) is 1. The van der Waals surface area contributed by atoms with E-state index < -0.39 is 0 Å². The summed E-state index contributed by atoms with van der Waals surface area (Å²) >= 11 is 0. The average molecular weight is 239 g/mol. The molecule has 0 aliphatic heterocycles. The highest BCUT2D eigenvalue weighted by molar-refractivity contribution is 6.04. The molecule has 0 atom stereocenters. The molecular weight excluding hydrogens is 230 g/mol. The lowest BCUT2D eigenvalue weighted by atomic mass is 10.0. The summed E-state index contributed by atoms with van der Waals surface area (Å²) in [6.45, 7) is 0. The monoisotopic (exact) mass is 239 g/mol. The standard InChI is InChI=1S/C13H9N3O2/c17-7-14-10-5-6-11(18)13-12(10)15-8-3-1-2-4-9(8)16-13/h1-5,7H,6H2,(H,14,17). The van der Waals surface area contributed by atoms with Gasteiger partial charge in [0.05, 0.1) is 16.7 Å². The van der Waals surface area contributed by atoms with Gasteiger partial charge >= 0.3 is 0 Å². The number of hydrogen-bond donors (Lipinski definition) is 1. The Morgan fingerprint density at radius 3 is 2.44 bits per heavy atom. The van der Waals surface area contributed by atoms with E-state index in [0.717, 1.165) is 0 Å². The molecule has 1 heterocycles. The third-order valence-electron chi connectivity index (χ3n) is 2.80. The Morgan fingerprint density at radius 1 is 1.11 bits per heavy atom. The number of amides is 1. The molecule has 0 spiro atoms. The van der Waals surface area contributed by atoms with Crippen molar-refractivity contribution in [2.24, 2.45) is 0 Å².